The van der Waals surface area contributed by atoms with E-state index in [4.69, 9.17) is 0 Å². The van der Waals surface area contributed by atoms with E-state index in [1.165, 1.54) is 6.92 Å². The number of halogens is 1. The molecule has 0 aromatic heterocycles. The summed E-state index contributed by atoms with van der Waals surface area (Å²) < 4.78 is 14.3. The summed E-state index contributed by atoms with van der Waals surface area (Å²) in [5.41, 5.74) is -1.66. The summed E-state index contributed by atoms with van der Waals surface area (Å²) in [6.45, 7) is 1.32. The third kappa shape index (κ3) is 3.70. The molecule has 0 spiro atoms. The van der Waals surface area contributed by atoms with Crippen molar-refractivity contribution in [2.45, 2.75) is 17.9 Å². The van der Waals surface area contributed by atoms with Gasteiger partial charge in [-0.05, 0) is 0 Å². The first kappa shape index (κ1) is 10.4. The van der Waals surface area contributed by atoms with Crippen molar-refractivity contribution in [2.75, 3.05) is 0 Å². The van der Waals surface area contributed by atoms with E-state index in [0.29, 0.717) is 11.6 Å². The second-order valence-corrected chi connectivity index (χ2v) is 5.20. The maximum atomic E-state index is 13.2. The van der Waals surface area contributed by atoms with Gasteiger partial charge < -0.3 is 0 Å². The Hall–Kier alpha value is -0.661. The van der Waals surface area contributed by atoms with Crippen molar-refractivity contribution in [3.63, 3.8) is 0 Å². The Bertz CT molecular complexity index is 272. The molecule has 0 aliphatic carbocycles. The number of benzene rings is 1. The molecule has 1 nitrogen and oxygen atoms in total. The van der Waals surface area contributed by atoms with E-state index in [1.807, 2.05) is 30.3 Å². The maximum absolute atomic E-state index is 13.2. The summed E-state index contributed by atoms with van der Waals surface area (Å²) in [5, 5.41) is 0.313. The van der Waals surface area contributed by atoms with Crippen molar-refractivity contribution in [1.82, 2.24) is 0 Å². The standard InChI is InChI=1S/C10H11FOSe/c1-10(11,7-12)8-13-9-5-3-2-4-6-9/h2-7H,8H2,1H3. The predicted molar refractivity (Wildman–Crippen MR) is 52.2 cm³/mol. The molecule has 0 aliphatic heterocycles. The number of rotatable bonds is 4. The predicted octanol–water partition coefficient (Wildman–Crippen LogP) is 1.36. The van der Waals surface area contributed by atoms with Crippen LogP contribution < -0.4 is 4.46 Å². The molecule has 1 atom stereocenters. The van der Waals surface area contributed by atoms with E-state index < -0.39 is 5.67 Å². The molecule has 0 saturated carbocycles. The first-order chi connectivity index (χ1) is 6.14. The van der Waals surface area contributed by atoms with Crippen molar-refractivity contribution in [3.8, 4) is 0 Å². The number of aldehydes is 1. The zero-order valence-electron chi connectivity index (χ0n) is 7.37. The van der Waals surface area contributed by atoms with Gasteiger partial charge in [-0.2, -0.15) is 0 Å². The Balaban J connectivity index is 2.48. The Labute approximate surface area is 83.5 Å². The number of hydrogen-bond donors (Lipinski definition) is 0. The molecule has 1 aromatic carbocycles. The SMILES string of the molecule is CC(F)(C=O)C[Se]c1ccccc1. The summed E-state index contributed by atoms with van der Waals surface area (Å²) in [5.74, 6) is 0. The van der Waals surface area contributed by atoms with Crippen molar-refractivity contribution in [1.29, 1.82) is 0 Å². The molecule has 13 heavy (non-hydrogen) atoms. The Morgan fingerprint density at radius 1 is 1.46 bits per heavy atom. The Kier molecular flexibility index (Phi) is 3.64. The first-order valence-electron chi connectivity index (χ1n) is 3.97. The molecule has 0 aliphatic rings. The minimum atomic E-state index is -1.66. The molecule has 1 unspecified atom stereocenters. The molecule has 0 amide bonds. The van der Waals surface area contributed by atoms with Gasteiger partial charge in [0.05, 0.1) is 0 Å². The molecular weight excluding hydrogens is 234 g/mol. The number of alkyl halides is 1. The molecule has 0 N–H and O–H groups in total. The van der Waals surface area contributed by atoms with Gasteiger partial charge in [-0.25, -0.2) is 0 Å². The second-order valence-electron chi connectivity index (χ2n) is 3.00. The minimum absolute atomic E-state index is 0.0473. The summed E-state index contributed by atoms with van der Waals surface area (Å²) in [7, 11) is 0. The normalized spacial score (nSPS) is 14.9. The van der Waals surface area contributed by atoms with Gasteiger partial charge >= 0.3 is 83.1 Å². The summed E-state index contributed by atoms with van der Waals surface area (Å²) in [6.07, 6.45) is 0.387. The summed E-state index contributed by atoms with van der Waals surface area (Å²) in [6, 6.07) is 9.69. The van der Waals surface area contributed by atoms with Gasteiger partial charge in [0, 0.05) is 0 Å². The topological polar surface area (TPSA) is 17.1 Å². The molecule has 0 bridgehead atoms. The van der Waals surface area contributed by atoms with Crippen LogP contribution in [0, 0.1) is 0 Å². The first-order valence-corrected chi connectivity index (χ1v) is 6.04. The van der Waals surface area contributed by atoms with Crippen LogP contribution in [0.3, 0.4) is 0 Å². The zero-order valence-corrected chi connectivity index (χ0v) is 9.08. The van der Waals surface area contributed by atoms with E-state index >= 15 is 0 Å². The van der Waals surface area contributed by atoms with E-state index in [9.17, 15) is 9.18 Å². The molecule has 1 aromatic rings. The molecule has 0 fully saturated rings. The van der Waals surface area contributed by atoms with Gasteiger partial charge in [0.2, 0.25) is 0 Å². The third-order valence-corrected chi connectivity index (χ3v) is 4.27. The van der Waals surface area contributed by atoms with Crippen LogP contribution in [0.15, 0.2) is 30.3 Å². The average molecular weight is 245 g/mol. The molecule has 3 heteroatoms. The quantitative estimate of drug-likeness (QED) is 0.578. The third-order valence-electron chi connectivity index (χ3n) is 1.51. The van der Waals surface area contributed by atoms with Gasteiger partial charge in [-0.1, -0.05) is 0 Å². The molecular formula is C10H11FOSe. The van der Waals surface area contributed by atoms with Gasteiger partial charge in [0.15, 0.2) is 0 Å². The van der Waals surface area contributed by atoms with Crippen LogP contribution in [0.2, 0.25) is 5.32 Å². The van der Waals surface area contributed by atoms with E-state index in [-0.39, 0.29) is 15.0 Å². The van der Waals surface area contributed by atoms with Crippen LogP contribution in [-0.4, -0.2) is 26.9 Å². The number of carbonyl (C=O) groups is 1. The fourth-order valence-corrected chi connectivity index (χ4v) is 2.59. The molecule has 0 heterocycles. The molecule has 0 radical (unpaired) electrons. The van der Waals surface area contributed by atoms with Crippen LogP contribution in [0.1, 0.15) is 6.92 Å². The second kappa shape index (κ2) is 4.54. The van der Waals surface area contributed by atoms with E-state index in [1.54, 1.807) is 0 Å². The van der Waals surface area contributed by atoms with E-state index in [0.717, 1.165) is 4.46 Å². The van der Waals surface area contributed by atoms with Crippen molar-refractivity contribution >= 4 is 25.7 Å². The van der Waals surface area contributed by atoms with E-state index in [2.05, 4.69) is 0 Å². The molecule has 1 rings (SSSR count). The Morgan fingerprint density at radius 3 is 2.62 bits per heavy atom. The molecule has 70 valence electrons. The average Bonchev–Trinajstić information content (AvgIpc) is 2.17. The van der Waals surface area contributed by atoms with Crippen LogP contribution >= 0.6 is 0 Å². The molecule has 0 saturated heterocycles. The van der Waals surface area contributed by atoms with Crippen LogP contribution in [0.25, 0.3) is 0 Å². The van der Waals surface area contributed by atoms with Crippen LogP contribution in [0.5, 0.6) is 0 Å². The van der Waals surface area contributed by atoms with Crippen molar-refractivity contribution in [3.05, 3.63) is 30.3 Å². The fraction of sp³-hybridized carbons (Fsp3) is 0.300. The Morgan fingerprint density at radius 2 is 2.08 bits per heavy atom. The van der Waals surface area contributed by atoms with Gasteiger partial charge in [0.25, 0.3) is 0 Å². The number of hydrogen-bond acceptors (Lipinski definition) is 1. The summed E-state index contributed by atoms with van der Waals surface area (Å²) in [4.78, 5) is 10.3. The van der Waals surface area contributed by atoms with Crippen molar-refractivity contribution in [2.24, 2.45) is 0 Å². The zero-order chi connectivity index (χ0) is 9.73. The van der Waals surface area contributed by atoms with Crippen LogP contribution in [-0.2, 0) is 4.79 Å². The van der Waals surface area contributed by atoms with Gasteiger partial charge in [-0.15, -0.1) is 0 Å². The van der Waals surface area contributed by atoms with Crippen molar-refractivity contribution < 1.29 is 9.18 Å². The van der Waals surface area contributed by atoms with Gasteiger partial charge in [-0.3, -0.25) is 0 Å². The fourth-order valence-electron chi connectivity index (χ4n) is 0.775. The van der Waals surface area contributed by atoms with Crippen LogP contribution in [0.4, 0.5) is 4.39 Å². The number of carbonyl (C=O) groups excluding carboxylic acids is 1. The summed E-state index contributed by atoms with van der Waals surface area (Å²) >= 11 is 0.0473. The monoisotopic (exact) mass is 246 g/mol. The van der Waals surface area contributed by atoms with Gasteiger partial charge in [0.1, 0.15) is 0 Å².